The number of nitrogens with one attached hydrogen (secondary N) is 1. The zero-order valence-electron chi connectivity index (χ0n) is 29.0. The van der Waals surface area contributed by atoms with Crippen molar-refractivity contribution >= 4 is 27.5 Å². The standard InChI is InChI=1S/C36H53N3O8S/c1-25-22-39(26(2)24-40)36(42)32-21-29(37-35(41)28-12-7-6-8-13-28)14-19-33(32)47-27(3)11-9-10-20-46-34(25)23-38(4)48(43,44)31-17-15-30(45-5)16-18-31/h14-19,21,25-28,34,40H,6-13,20,22-24H2,1-5H3,(H,37,41)/t25-,26-,27+,34-/m1/s1. The number of nitrogens with zero attached hydrogens (tertiary/aromatic N) is 2. The first-order chi connectivity index (χ1) is 22.9. The van der Waals surface area contributed by atoms with Gasteiger partial charge in [0.15, 0.2) is 0 Å². The van der Waals surface area contributed by atoms with E-state index in [0.29, 0.717) is 29.4 Å². The summed E-state index contributed by atoms with van der Waals surface area (Å²) in [7, 11) is -0.788. The van der Waals surface area contributed by atoms with Crippen molar-refractivity contribution in [2.75, 3.05) is 45.8 Å². The van der Waals surface area contributed by atoms with Crippen LogP contribution >= 0.6 is 0 Å². The van der Waals surface area contributed by atoms with Crippen molar-refractivity contribution < 1.29 is 37.3 Å². The number of methoxy groups -OCH3 is 1. The molecule has 1 heterocycles. The number of aliphatic hydroxyl groups excluding tert-OH is 1. The smallest absolute Gasteiger partial charge is 0.258 e. The minimum atomic E-state index is -3.84. The van der Waals surface area contributed by atoms with Crippen LogP contribution in [0, 0.1) is 11.8 Å². The summed E-state index contributed by atoms with van der Waals surface area (Å²) in [6.07, 6.45) is 6.48. The first-order valence-corrected chi connectivity index (χ1v) is 18.6. The molecule has 2 N–H and O–H groups in total. The van der Waals surface area contributed by atoms with Crippen molar-refractivity contribution in [2.45, 2.75) is 95.3 Å². The van der Waals surface area contributed by atoms with Crippen LogP contribution in [0.15, 0.2) is 47.4 Å². The SMILES string of the molecule is COc1ccc(S(=O)(=O)N(C)C[C@H]2OCCCC[C@H](C)Oc3ccc(NC(=O)C4CCCCC4)cc3C(=O)N([C@H](C)CO)C[C@H]2C)cc1. The molecular weight excluding hydrogens is 634 g/mol. The number of anilines is 1. The van der Waals surface area contributed by atoms with Crippen molar-refractivity contribution in [3.63, 3.8) is 0 Å². The van der Waals surface area contributed by atoms with E-state index in [4.69, 9.17) is 14.2 Å². The number of amides is 2. The van der Waals surface area contributed by atoms with Crippen molar-refractivity contribution in [1.82, 2.24) is 9.21 Å². The Kier molecular flexibility index (Phi) is 13.7. The molecule has 1 aliphatic heterocycles. The summed E-state index contributed by atoms with van der Waals surface area (Å²) in [6.45, 7) is 6.05. The molecule has 0 radical (unpaired) electrons. The van der Waals surface area contributed by atoms with Gasteiger partial charge in [0, 0.05) is 44.3 Å². The summed E-state index contributed by atoms with van der Waals surface area (Å²) in [5.41, 5.74) is 0.816. The average Bonchev–Trinajstić information content (AvgIpc) is 3.09. The summed E-state index contributed by atoms with van der Waals surface area (Å²) < 4.78 is 46.1. The maximum atomic E-state index is 14.4. The molecule has 1 fully saturated rings. The Bertz CT molecular complexity index is 1460. The molecule has 0 aromatic heterocycles. The van der Waals surface area contributed by atoms with Gasteiger partial charge in [0.1, 0.15) is 11.5 Å². The number of hydrogen-bond acceptors (Lipinski definition) is 8. The van der Waals surface area contributed by atoms with E-state index in [1.807, 2.05) is 13.8 Å². The summed E-state index contributed by atoms with van der Waals surface area (Å²) in [4.78, 5) is 29.2. The van der Waals surface area contributed by atoms with E-state index in [-0.39, 0.29) is 54.3 Å². The first-order valence-electron chi connectivity index (χ1n) is 17.2. The molecule has 2 amide bonds. The highest BCUT2D eigenvalue weighted by Crippen LogP contribution is 2.30. The molecule has 1 aliphatic carbocycles. The van der Waals surface area contributed by atoms with Gasteiger partial charge in [-0.05, 0) is 88.4 Å². The number of aliphatic hydroxyl groups is 1. The van der Waals surface area contributed by atoms with Gasteiger partial charge in [-0.1, -0.05) is 26.2 Å². The number of likely N-dealkylation sites (N-methyl/N-ethyl adjacent to an activating group) is 1. The summed E-state index contributed by atoms with van der Waals surface area (Å²) >= 11 is 0. The van der Waals surface area contributed by atoms with Crippen LogP contribution in [0.3, 0.4) is 0 Å². The van der Waals surface area contributed by atoms with Crippen molar-refractivity contribution in [2.24, 2.45) is 11.8 Å². The Hall–Kier alpha value is -3.19. The predicted octanol–water partition coefficient (Wildman–Crippen LogP) is 5.33. The number of fused-ring (bicyclic) bond motifs is 1. The molecule has 48 heavy (non-hydrogen) atoms. The van der Waals surface area contributed by atoms with Crippen LogP contribution in [0.4, 0.5) is 5.69 Å². The zero-order valence-corrected chi connectivity index (χ0v) is 29.8. The molecule has 0 saturated heterocycles. The monoisotopic (exact) mass is 687 g/mol. The maximum Gasteiger partial charge on any atom is 0.258 e. The summed E-state index contributed by atoms with van der Waals surface area (Å²) in [6, 6.07) is 10.9. The fraction of sp³-hybridized carbons (Fsp3) is 0.611. The highest BCUT2D eigenvalue weighted by molar-refractivity contribution is 7.89. The molecule has 4 rings (SSSR count). The van der Waals surface area contributed by atoms with Gasteiger partial charge in [0.05, 0.1) is 42.4 Å². The maximum absolute atomic E-state index is 14.4. The lowest BCUT2D eigenvalue weighted by molar-refractivity contribution is -0.120. The molecule has 2 aliphatic rings. The fourth-order valence-electron chi connectivity index (χ4n) is 6.35. The third-order valence-electron chi connectivity index (χ3n) is 9.50. The van der Waals surface area contributed by atoms with E-state index in [9.17, 15) is 23.1 Å². The van der Waals surface area contributed by atoms with Crippen molar-refractivity contribution in [3.05, 3.63) is 48.0 Å². The third-order valence-corrected chi connectivity index (χ3v) is 11.3. The van der Waals surface area contributed by atoms with Crippen molar-refractivity contribution in [1.29, 1.82) is 0 Å². The van der Waals surface area contributed by atoms with Gasteiger partial charge in [-0.15, -0.1) is 0 Å². The van der Waals surface area contributed by atoms with Gasteiger partial charge >= 0.3 is 0 Å². The molecule has 2 aromatic carbocycles. The largest absolute Gasteiger partial charge is 0.497 e. The molecule has 0 bridgehead atoms. The minimum Gasteiger partial charge on any atom is -0.497 e. The number of sulfonamides is 1. The van der Waals surface area contributed by atoms with Crippen LogP contribution in [0.25, 0.3) is 0 Å². The van der Waals surface area contributed by atoms with E-state index in [1.165, 1.54) is 30.6 Å². The molecule has 266 valence electrons. The second kappa shape index (κ2) is 17.5. The predicted molar refractivity (Wildman–Crippen MR) is 185 cm³/mol. The molecule has 1 saturated carbocycles. The van der Waals surface area contributed by atoms with Crippen LogP contribution < -0.4 is 14.8 Å². The molecule has 2 aromatic rings. The Labute approximate surface area is 286 Å². The van der Waals surface area contributed by atoms with Crippen LogP contribution in [-0.4, -0.2) is 93.3 Å². The van der Waals surface area contributed by atoms with Crippen LogP contribution in [0.2, 0.25) is 0 Å². The van der Waals surface area contributed by atoms with E-state index in [0.717, 1.165) is 51.4 Å². The van der Waals surface area contributed by atoms with Gasteiger partial charge in [-0.3, -0.25) is 9.59 Å². The van der Waals surface area contributed by atoms with Gasteiger partial charge < -0.3 is 29.5 Å². The second-order valence-electron chi connectivity index (χ2n) is 13.3. The van der Waals surface area contributed by atoms with Crippen LogP contribution in [0.1, 0.15) is 82.5 Å². The topological polar surface area (TPSA) is 135 Å². The van der Waals surface area contributed by atoms with Crippen LogP contribution in [-0.2, 0) is 19.6 Å². The number of hydrogen-bond donors (Lipinski definition) is 2. The number of benzene rings is 2. The van der Waals surface area contributed by atoms with Gasteiger partial charge in [-0.2, -0.15) is 4.31 Å². The Morgan fingerprint density at radius 2 is 1.75 bits per heavy atom. The zero-order chi connectivity index (χ0) is 34.8. The van der Waals surface area contributed by atoms with Crippen LogP contribution in [0.5, 0.6) is 11.5 Å². The van der Waals surface area contributed by atoms with Gasteiger partial charge in [0.25, 0.3) is 5.91 Å². The van der Waals surface area contributed by atoms with E-state index in [1.54, 1.807) is 42.2 Å². The number of carbonyl (C=O) groups is 2. The highest BCUT2D eigenvalue weighted by Gasteiger charge is 2.33. The number of rotatable bonds is 9. The quantitative estimate of drug-likeness (QED) is 0.362. The van der Waals surface area contributed by atoms with Gasteiger partial charge in [0.2, 0.25) is 15.9 Å². The minimum absolute atomic E-state index is 0.0415. The van der Waals surface area contributed by atoms with Gasteiger partial charge in [-0.25, -0.2) is 8.42 Å². The normalized spacial score (nSPS) is 22.7. The Balaban J connectivity index is 1.62. The molecular formula is C36H53N3O8S. The van der Waals surface area contributed by atoms with E-state index >= 15 is 0 Å². The Morgan fingerprint density at radius 1 is 1.06 bits per heavy atom. The summed E-state index contributed by atoms with van der Waals surface area (Å²) in [5.74, 6) is 0.227. The van der Waals surface area contributed by atoms with E-state index < -0.39 is 22.2 Å². The molecule has 11 nitrogen and oxygen atoms in total. The molecule has 12 heteroatoms. The second-order valence-corrected chi connectivity index (χ2v) is 15.3. The highest BCUT2D eigenvalue weighted by atomic mass is 32.2. The van der Waals surface area contributed by atoms with E-state index in [2.05, 4.69) is 5.32 Å². The first kappa shape index (κ1) is 37.6. The molecule has 0 unspecified atom stereocenters. The lowest BCUT2D eigenvalue weighted by atomic mass is 9.88. The molecule has 4 atom stereocenters. The Morgan fingerprint density at radius 3 is 2.42 bits per heavy atom. The third kappa shape index (κ3) is 9.71. The van der Waals surface area contributed by atoms with Crippen molar-refractivity contribution in [3.8, 4) is 11.5 Å². The number of carbonyl (C=O) groups excluding carboxylic acids is 2. The number of ether oxygens (including phenoxy) is 3. The average molecular weight is 688 g/mol. The lowest BCUT2D eigenvalue weighted by Gasteiger charge is -2.35. The lowest BCUT2D eigenvalue weighted by Crippen LogP contribution is -2.48. The molecule has 0 spiro atoms. The fourth-order valence-corrected chi connectivity index (χ4v) is 7.53. The summed E-state index contributed by atoms with van der Waals surface area (Å²) in [5, 5.41) is 13.3.